The summed E-state index contributed by atoms with van der Waals surface area (Å²) in [5, 5.41) is 16.1. The number of carboxylic acids is 1. The maximum atomic E-state index is 12.7. The summed E-state index contributed by atoms with van der Waals surface area (Å²) >= 11 is 1.47. The van der Waals surface area contributed by atoms with Gasteiger partial charge in [-0.05, 0) is 43.2 Å². The average Bonchev–Trinajstić information content (AvgIpc) is 3.69. The van der Waals surface area contributed by atoms with E-state index in [1.165, 1.54) is 18.0 Å². The Kier molecular flexibility index (Phi) is 5.93. The highest BCUT2D eigenvalue weighted by molar-refractivity contribution is 8.00. The standard InChI is InChI=1S/C27H26N6O6S/c34-23-13-40-21-5-3-16(7-20(21)29-23)33-11-17(39-27(33)38)8-28-14-9-31(10-14)22-6-4-18-24(35)19(26(36)37)12-32(15-1-2-15)25(18)30-22/h3-7,12,14-15,17,28H,1-2,8-11,13H2,(H,29,34)(H,36,37). The van der Waals surface area contributed by atoms with Gasteiger partial charge in [0.05, 0.1) is 23.4 Å². The lowest BCUT2D eigenvalue weighted by molar-refractivity contribution is -0.113. The van der Waals surface area contributed by atoms with Gasteiger partial charge in [-0.15, -0.1) is 11.8 Å². The lowest BCUT2D eigenvalue weighted by atomic mass is 10.1. The van der Waals surface area contributed by atoms with E-state index in [1.54, 1.807) is 17.0 Å². The van der Waals surface area contributed by atoms with Gasteiger partial charge in [0.15, 0.2) is 0 Å². The number of aromatic nitrogens is 2. The molecule has 206 valence electrons. The normalized spacial score (nSPS) is 20.8. The van der Waals surface area contributed by atoms with Crippen LogP contribution in [0.15, 0.2) is 46.2 Å². The minimum Gasteiger partial charge on any atom is -0.477 e. The predicted molar refractivity (Wildman–Crippen MR) is 149 cm³/mol. The number of hydrogen-bond acceptors (Lipinski definition) is 9. The second kappa shape index (κ2) is 9.52. The maximum absolute atomic E-state index is 12.7. The van der Waals surface area contributed by atoms with Crippen molar-refractivity contribution in [3.63, 3.8) is 0 Å². The van der Waals surface area contributed by atoms with E-state index < -0.39 is 17.5 Å². The number of carboxylic acid groups (broad SMARTS) is 1. The molecule has 1 atom stereocenters. The number of nitrogens with zero attached hydrogens (tertiary/aromatic N) is 4. The first-order valence-electron chi connectivity index (χ1n) is 13.2. The molecular weight excluding hydrogens is 536 g/mol. The molecule has 1 aromatic carbocycles. The number of pyridine rings is 2. The number of thioether (sulfide) groups is 1. The van der Waals surface area contributed by atoms with Gasteiger partial charge in [0, 0.05) is 48.5 Å². The number of cyclic esters (lactones) is 1. The number of carbonyl (C=O) groups is 3. The third-order valence-corrected chi connectivity index (χ3v) is 8.73. The van der Waals surface area contributed by atoms with Gasteiger partial charge in [0.2, 0.25) is 11.3 Å². The van der Waals surface area contributed by atoms with Crippen molar-refractivity contribution in [2.75, 3.05) is 47.0 Å². The highest BCUT2D eigenvalue weighted by atomic mass is 32.2. The molecule has 2 amide bonds. The van der Waals surface area contributed by atoms with Crippen LogP contribution in [0.1, 0.15) is 29.2 Å². The predicted octanol–water partition coefficient (Wildman–Crippen LogP) is 2.28. The summed E-state index contributed by atoms with van der Waals surface area (Å²) in [5.41, 5.74) is 1.17. The summed E-state index contributed by atoms with van der Waals surface area (Å²) in [7, 11) is 0. The van der Waals surface area contributed by atoms with Crippen LogP contribution in [0.25, 0.3) is 11.0 Å². The number of carbonyl (C=O) groups excluding carboxylic acids is 2. The number of aromatic carboxylic acids is 1. The molecule has 13 heteroatoms. The topological polar surface area (TPSA) is 146 Å². The third-order valence-electron chi connectivity index (χ3n) is 7.65. The minimum absolute atomic E-state index is 0.0567. The summed E-state index contributed by atoms with van der Waals surface area (Å²) in [4.78, 5) is 57.9. The van der Waals surface area contributed by atoms with Gasteiger partial charge >= 0.3 is 12.1 Å². The summed E-state index contributed by atoms with van der Waals surface area (Å²) < 4.78 is 7.41. The smallest absolute Gasteiger partial charge is 0.414 e. The molecule has 1 saturated carbocycles. The number of hydrogen-bond donors (Lipinski definition) is 3. The van der Waals surface area contributed by atoms with Crippen molar-refractivity contribution in [1.82, 2.24) is 14.9 Å². The second-order valence-electron chi connectivity index (χ2n) is 10.5. The van der Waals surface area contributed by atoms with Gasteiger partial charge in [-0.1, -0.05) is 0 Å². The van der Waals surface area contributed by atoms with Crippen LogP contribution in [0, 0.1) is 0 Å². The van der Waals surface area contributed by atoms with E-state index in [2.05, 4.69) is 15.5 Å². The van der Waals surface area contributed by atoms with Crippen LogP contribution in [0.2, 0.25) is 0 Å². The van der Waals surface area contributed by atoms with Crippen LogP contribution in [-0.2, 0) is 9.53 Å². The Morgan fingerprint density at radius 2 is 1.98 bits per heavy atom. The number of rotatable bonds is 7. The Bertz CT molecular complexity index is 1630. The monoisotopic (exact) mass is 562 g/mol. The Labute approximate surface area is 232 Å². The van der Waals surface area contributed by atoms with Crippen molar-refractivity contribution in [3.05, 3.63) is 52.3 Å². The molecule has 0 spiro atoms. The molecule has 3 N–H and O–H groups in total. The fourth-order valence-corrected chi connectivity index (χ4v) is 6.13. The highest BCUT2D eigenvalue weighted by Gasteiger charge is 2.35. The molecule has 7 rings (SSSR count). The summed E-state index contributed by atoms with van der Waals surface area (Å²) in [6.07, 6.45) is 2.57. The molecule has 3 aromatic rings. The zero-order valence-electron chi connectivity index (χ0n) is 21.3. The molecule has 12 nitrogen and oxygen atoms in total. The molecular formula is C27H26N6O6S. The Balaban J connectivity index is 0.976. The van der Waals surface area contributed by atoms with Crippen LogP contribution >= 0.6 is 11.8 Å². The van der Waals surface area contributed by atoms with Crippen LogP contribution in [-0.4, -0.2) is 76.7 Å². The summed E-state index contributed by atoms with van der Waals surface area (Å²) in [5.74, 6) is -0.165. The van der Waals surface area contributed by atoms with E-state index in [9.17, 15) is 24.3 Å². The van der Waals surface area contributed by atoms with E-state index in [0.29, 0.717) is 54.3 Å². The van der Waals surface area contributed by atoms with Gasteiger partial charge in [-0.3, -0.25) is 14.5 Å². The lowest BCUT2D eigenvalue weighted by Gasteiger charge is -2.41. The van der Waals surface area contributed by atoms with E-state index in [4.69, 9.17) is 9.72 Å². The van der Waals surface area contributed by atoms with Crippen molar-refractivity contribution in [2.45, 2.75) is 35.9 Å². The van der Waals surface area contributed by atoms with E-state index in [0.717, 1.165) is 23.6 Å². The van der Waals surface area contributed by atoms with E-state index >= 15 is 0 Å². The largest absolute Gasteiger partial charge is 0.477 e. The third kappa shape index (κ3) is 4.44. The number of anilines is 3. The van der Waals surface area contributed by atoms with Crippen LogP contribution < -0.4 is 25.9 Å². The number of fused-ring (bicyclic) bond motifs is 2. The van der Waals surface area contributed by atoms with Crippen molar-refractivity contribution >= 4 is 58.0 Å². The minimum atomic E-state index is -1.23. The fraction of sp³-hybridized carbons (Fsp3) is 0.370. The Hall–Kier alpha value is -4.10. The first kappa shape index (κ1) is 24.9. The summed E-state index contributed by atoms with van der Waals surface area (Å²) in [6.45, 7) is 2.31. The molecule has 2 saturated heterocycles. The van der Waals surface area contributed by atoms with Crippen LogP contribution in [0.3, 0.4) is 0 Å². The van der Waals surface area contributed by atoms with Crippen molar-refractivity contribution in [3.8, 4) is 0 Å². The number of nitrogens with one attached hydrogen (secondary N) is 2. The van der Waals surface area contributed by atoms with Gasteiger partial charge in [-0.25, -0.2) is 14.6 Å². The van der Waals surface area contributed by atoms with Gasteiger partial charge < -0.3 is 29.9 Å². The maximum Gasteiger partial charge on any atom is 0.414 e. The first-order valence-corrected chi connectivity index (χ1v) is 14.1. The number of benzene rings is 1. The number of ether oxygens (including phenoxy) is 1. The Morgan fingerprint density at radius 3 is 2.75 bits per heavy atom. The van der Waals surface area contributed by atoms with Crippen LogP contribution in [0.5, 0.6) is 0 Å². The Morgan fingerprint density at radius 1 is 1.15 bits per heavy atom. The molecule has 5 heterocycles. The number of amides is 2. The van der Waals surface area contributed by atoms with Gasteiger partial charge in [0.1, 0.15) is 23.1 Å². The van der Waals surface area contributed by atoms with E-state index in [-0.39, 0.29) is 29.7 Å². The van der Waals surface area contributed by atoms with Crippen LogP contribution in [0.4, 0.5) is 22.0 Å². The molecule has 2 aromatic heterocycles. The molecule has 3 fully saturated rings. The molecule has 40 heavy (non-hydrogen) atoms. The van der Waals surface area contributed by atoms with Crippen molar-refractivity contribution < 1.29 is 24.2 Å². The molecule has 0 radical (unpaired) electrons. The lowest BCUT2D eigenvalue weighted by Crippen LogP contribution is -2.59. The van der Waals surface area contributed by atoms with Crippen molar-refractivity contribution in [2.24, 2.45) is 0 Å². The summed E-state index contributed by atoms with van der Waals surface area (Å²) in [6, 6.07) is 9.37. The van der Waals surface area contributed by atoms with E-state index in [1.807, 2.05) is 22.8 Å². The molecule has 0 bridgehead atoms. The molecule has 1 aliphatic carbocycles. The molecule has 3 aliphatic heterocycles. The quantitative estimate of drug-likeness (QED) is 0.392. The van der Waals surface area contributed by atoms with Crippen molar-refractivity contribution in [1.29, 1.82) is 0 Å². The first-order chi connectivity index (χ1) is 19.3. The molecule has 4 aliphatic rings. The second-order valence-corrected chi connectivity index (χ2v) is 11.5. The van der Waals surface area contributed by atoms with Gasteiger partial charge in [0.25, 0.3) is 0 Å². The SMILES string of the molecule is O=C1CSc2ccc(N3CC(CNC4CN(c5ccc6c(=O)c(C(=O)O)cn(C7CC7)c6n5)C4)OC3=O)cc2N1. The zero-order valence-corrected chi connectivity index (χ0v) is 22.1. The zero-order chi connectivity index (χ0) is 27.5. The fourth-order valence-electron chi connectivity index (χ4n) is 5.35. The molecule has 1 unspecified atom stereocenters. The highest BCUT2D eigenvalue weighted by Crippen LogP contribution is 2.37. The average molecular weight is 563 g/mol. The van der Waals surface area contributed by atoms with Gasteiger partial charge in [-0.2, -0.15) is 0 Å².